The fourth-order valence-electron chi connectivity index (χ4n) is 2.82. The quantitative estimate of drug-likeness (QED) is 0.637. The Kier molecular flexibility index (Phi) is 5.58. The summed E-state index contributed by atoms with van der Waals surface area (Å²) in [5.41, 5.74) is 0.615. The van der Waals surface area contributed by atoms with E-state index in [1.54, 1.807) is 36.4 Å². The smallest absolute Gasteiger partial charge is 0.334 e. The van der Waals surface area contributed by atoms with Gasteiger partial charge in [0, 0.05) is 19.2 Å². The maximum atomic E-state index is 12.6. The van der Waals surface area contributed by atoms with Crippen LogP contribution < -0.4 is 10.1 Å². The van der Waals surface area contributed by atoms with Crippen LogP contribution in [0.5, 0.6) is 5.75 Å². The van der Waals surface area contributed by atoms with Gasteiger partial charge in [-0.15, -0.1) is 11.3 Å². The topological polar surface area (TPSA) is 75.7 Å². The Morgan fingerprint density at radius 1 is 1.19 bits per heavy atom. The van der Waals surface area contributed by atoms with Crippen molar-refractivity contribution in [2.45, 2.75) is 25.8 Å². The molecule has 136 valence electrons. The van der Waals surface area contributed by atoms with Crippen LogP contribution in [-0.2, 0) is 9.59 Å². The fraction of sp³-hybridized carbons (Fsp3) is 0.278. The van der Waals surface area contributed by atoms with Gasteiger partial charge in [0.05, 0.1) is 9.21 Å². The average Bonchev–Trinajstić information content (AvgIpc) is 3.24. The van der Waals surface area contributed by atoms with E-state index in [1.807, 2.05) is 0 Å². The molecule has 8 heteroatoms. The van der Waals surface area contributed by atoms with Crippen LogP contribution in [0.2, 0.25) is 4.34 Å². The number of amides is 2. The first-order chi connectivity index (χ1) is 12.4. The van der Waals surface area contributed by atoms with Crippen LogP contribution in [0.4, 0.5) is 5.69 Å². The molecule has 26 heavy (non-hydrogen) atoms. The van der Waals surface area contributed by atoms with Crippen molar-refractivity contribution >= 4 is 46.4 Å². The Morgan fingerprint density at radius 3 is 2.54 bits per heavy atom. The zero-order valence-electron chi connectivity index (χ0n) is 14.0. The van der Waals surface area contributed by atoms with Gasteiger partial charge < -0.3 is 15.0 Å². The van der Waals surface area contributed by atoms with Gasteiger partial charge in [-0.25, -0.2) is 4.79 Å². The van der Waals surface area contributed by atoms with Crippen molar-refractivity contribution in [1.82, 2.24) is 4.90 Å². The number of ether oxygens (including phenoxy) is 1. The Labute approximate surface area is 159 Å². The van der Waals surface area contributed by atoms with Crippen LogP contribution >= 0.6 is 22.9 Å². The Morgan fingerprint density at radius 2 is 1.92 bits per heavy atom. The molecule has 0 bridgehead atoms. The van der Waals surface area contributed by atoms with Gasteiger partial charge in [-0.3, -0.25) is 9.59 Å². The van der Waals surface area contributed by atoms with Gasteiger partial charge in [0.2, 0.25) is 5.91 Å². The third kappa shape index (κ3) is 4.23. The second-order valence-electron chi connectivity index (χ2n) is 5.89. The van der Waals surface area contributed by atoms with Crippen LogP contribution in [0.25, 0.3) is 0 Å². The summed E-state index contributed by atoms with van der Waals surface area (Å²) >= 11 is 7.09. The number of thiophene rings is 1. The molecule has 2 amide bonds. The Bertz CT molecular complexity index is 834. The second kappa shape index (κ2) is 7.88. The molecule has 0 spiro atoms. The molecule has 2 aromatic rings. The lowest BCUT2D eigenvalue weighted by atomic mass is 10.2. The van der Waals surface area contributed by atoms with Gasteiger partial charge in [0.1, 0.15) is 11.8 Å². The van der Waals surface area contributed by atoms with Crippen LogP contribution in [0.1, 0.15) is 29.4 Å². The summed E-state index contributed by atoms with van der Waals surface area (Å²) in [5.74, 6) is -0.487. The van der Waals surface area contributed by atoms with Crippen LogP contribution in [0.3, 0.4) is 0 Å². The number of likely N-dealkylation sites (tertiary alicyclic amines) is 1. The minimum absolute atomic E-state index is 0.177. The maximum Gasteiger partial charge on any atom is 0.334 e. The first-order valence-electron chi connectivity index (χ1n) is 8.09. The molecule has 0 radical (unpaired) electrons. The van der Waals surface area contributed by atoms with Crippen molar-refractivity contribution in [3.05, 3.63) is 45.6 Å². The standard InChI is InChI=1S/C18H17ClN2O4S/c1-11(22)20-12-4-6-13(7-5-12)25-18(24)14-3-2-10-21(14)17(23)15-8-9-16(19)26-15/h4-9,14H,2-3,10H2,1H3,(H,20,22)/t14-/m0/s1. The van der Waals surface area contributed by atoms with Crippen molar-refractivity contribution in [2.24, 2.45) is 0 Å². The second-order valence-corrected chi connectivity index (χ2v) is 7.60. The monoisotopic (exact) mass is 392 g/mol. The molecule has 0 saturated carbocycles. The normalized spacial score (nSPS) is 16.4. The number of anilines is 1. The van der Waals surface area contributed by atoms with E-state index in [0.29, 0.717) is 33.6 Å². The number of carbonyl (C=O) groups excluding carboxylic acids is 3. The molecule has 1 aliphatic rings. The molecule has 1 aromatic carbocycles. The molecule has 3 rings (SSSR count). The van der Waals surface area contributed by atoms with Crippen LogP contribution in [0.15, 0.2) is 36.4 Å². The lowest BCUT2D eigenvalue weighted by Gasteiger charge is -2.22. The molecule has 1 saturated heterocycles. The van der Waals surface area contributed by atoms with E-state index < -0.39 is 12.0 Å². The third-order valence-electron chi connectivity index (χ3n) is 3.96. The molecule has 0 aliphatic carbocycles. The van der Waals surface area contributed by atoms with E-state index in [2.05, 4.69) is 5.32 Å². The minimum atomic E-state index is -0.613. The SMILES string of the molecule is CC(=O)Nc1ccc(OC(=O)[C@@H]2CCCN2C(=O)c2ccc(Cl)s2)cc1. The number of halogens is 1. The number of nitrogens with zero attached hydrogens (tertiary/aromatic N) is 1. The summed E-state index contributed by atoms with van der Waals surface area (Å²) in [6, 6.07) is 9.21. The molecular weight excluding hydrogens is 376 g/mol. The third-order valence-corrected chi connectivity index (χ3v) is 5.18. The number of nitrogens with one attached hydrogen (secondary N) is 1. The number of hydrogen-bond donors (Lipinski definition) is 1. The Balaban J connectivity index is 1.66. The highest BCUT2D eigenvalue weighted by atomic mass is 35.5. The minimum Gasteiger partial charge on any atom is -0.425 e. The summed E-state index contributed by atoms with van der Waals surface area (Å²) in [6.45, 7) is 1.93. The molecule has 6 nitrogen and oxygen atoms in total. The lowest BCUT2D eigenvalue weighted by molar-refractivity contribution is -0.138. The zero-order chi connectivity index (χ0) is 18.7. The largest absolute Gasteiger partial charge is 0.425 e. The molecule has 1 atom stereocenters. The van der Waals surface area contributed by atoms with E-state index in [9.17, 15) is 14.4 Å². The van der Waals surface area contributed by atoms with Gasteiger partial charge in [0.25, 0.3) is 5.91 Å². The highest BCUT2D eigenvalue weighted by Crippen LogP contribution is 2.27. The molecule has 1 fully saturated rings. The summed E-state index contributed by atoms with van der Waals surface area (Å²) in [7, 11) is 0. The van der Waals surface area contributed by atoms with Crippen LogP contribution in [0, 0.1) is 0 Å². The van der Waals surface area contributed by atoms with Crippen molar-refractivity contribution in [1.29, 1.82) is 0 Å². The fourth-order valence-corrected chi connectivity index (χ4v) is 3.82. The predicted molar refractivity (Wildman–Crippen MR) is 99.8 cm³/mol. The Hall–Kier alpha value is -2.38. The number of esters is 1. The molecule has 1 aliphatic heterocycles. The molecule has 1 aromatic heterocycles. The van der Waals surface area contributed by atoms with Crippen molar-refractivity contribution in [3.8, 4) is 5.75 Å². The van der Waals surface area contributed by atoms with Gasteiger partial charge in [-0.2, -0.15) is 0 Å². The highest BCUT2D eigenvalue weighted by molar-refractivity contribution is 7.18. The van der Waals surface area contributed by atoms with Crippen molar-refractivity contribution < 1.29 is 19.1 Å². The molecule has 0 unspecified atom stereocenters. The van der Waals surface area contributed by atoms with Gasteiger partial charge in [-0.1, -0.05) is 11.6 Å². The van der Waals surface area contributed by atoms with E-state index in [-0.39, 0.29) is 11.8 Å². The van der Waals surface area contributed by atoms with Crippen LogP contribution in [-0.4, -0.2) is 35.3 Å². The number of hydrogen-bond acceptors (Lipinski definition) is 5. The molecular formula is C18H17ClN2O4S. The van der Waals surface area contributed by atoms with Gasteiger partial charge in [-0.05, 0) is 49.2 Å². The van der Waals surface area contributed by atoms with E-state index in [0.717, 1.165) is 6.42 Å². The maximum absolute atomic E-state index is 12.6. The van der Waals surface area contributed by atoms with E-state index in [4.69, 9.17) is 16.3 Å². The summed E-state index contributed by atoms with van der Waals surface area (Å²) in [4.78, 5) is 38.2. The van der Waals surface area contributed by atoms with Crippen molar-refractivity contribution in [2.75, 3.05) is 11.9 Å². The average molecular weight is 393 g/mol. The number of rotatable bonds is 4. The van der Waals surface area contributed by atoms with Crippen molar-refractivity contribution in [3.63, 3.8) is 0 Å². The zero-order valence-corrected chi connectivity index (χ0v) is 15.6. The van der Waals surface area contributed by atoms with E-state index >= 15 is 0 Å². The first-order valence-corrected chi connectivity index (χ1v) is 9.29. The van der Waals surface area contributed by atoms with Gasteiger partial charge in [0.15, 0.2) is 0 Å². The predicted octanol–water partition coefficient (Wildman–Crippen LogP) is 3.57. The highest BCUT2D eigenvalue weighted by Gasteiger charge is 2.36. The van der Waals surface area contributed by atoms with E-state index in [1.165, 1.54) is 23.2 Å². The summed E-state index contributed by atoms with van der Waals surface area (Å²) in [6.07, 6.45) is 1.31. The first kappa shape index (κ1) is 18.4. The van der Waals surface area contributed by atoms with Gasteiger partial charge >= 0.3 is 5.97 Å². The number of benzene rings is 1. The lowest BCUT2D eigenvalue weighted by Crippen LogP contribution is -2.42. The summed E-state index contributed by atoms with van der Waals surface area (Å²) in [5, 5.41) is 2.64. The molecule has 1 N–H and O–H groups in total. The summed E-state index contributed by atoms with van der Waals surface area (Å²) < 4.78 is 5.94. The number of carbonyl (C=O) groups is 3. The molecule has 2 heterocycles.